The molecule has 0 saturated carbocycles. The zero-order valence-electron chi connectivity index (χ0n) is 19.5. The van der Waals surface area contributed by atoms with Crippen molar-refractivity contribution in [3.8, 4) is 11.5 Å². The molecule has 0 aliphatic heterocycles. The number of ether oxygens (including phenoxy) is 2. The number of sulfonamides is 1. The lowest BCUT2D eigenvalue weighted by molar-refractivity contribution is -0.122. The minimum absolute atomic E-state index is 0.00949. The molecule has 3 rings (SSSR count). The molecule has 186 valence electrons. The molecule has 1 N–H and O–H groups in total. The van der Waals surface area contributed by atoms with Crippen molar-refractivity contribution in [3.05, 3.63) is 88.7 Å². The van der Waals surface area contributed by atoms with E-state index in [1.807, 2.05) is 0 Å². The second kappa shape index (κ2) is 11.5. The molecule has 0 aliphatic carbocycles. The van der Waals surface area contributed by atoms with Gasteiger partial charge < -0.3 is 14.8 Å². The normalized spacial score (nSPS) is 12.3. The molecule has 10 heteroatoms. The molecular formula is C25H26ClFN2O5S. The number of halogens is 2. The van der Waals surface area contributed by atoms with E-state index in [2.05, 4.69) is 5.32 Å². The van der Waals surface area contributed by atoms with Gasteiger partial charge in [0.15, 0.2) is 11.5 Å². The van der Waals surface area contributed by atoms with Gasteiger partial charge in [0.05, 0.1) is 31.7 Å². The summed E-state index contributed by atoms with van der Waals surface area (Å²) in [5, 5.41) is 3.21. The fraction of sp³-hybridized carbons (Fsp3) is 0.240. The highest BCUT2D eigenvalue weighted by atomic mass is 35.5. The van der Waals surface area contributed by atoms with E-state index in [-0.39, 0.29) is 11.4 Å². The van der Waals surface area contributed by atoms with Crippen LogP contribution < -0.4 is 14.8 Å². The Labute approximate surface area is 209 Å². The Morgan fingerprint density at radius 3 is 2.23 bits per heavy atom. The number of benzene rings is 3. The molecule has 3 aromatic carbocycles. The van der Waals surface area contributed by atoms with Crippen LogP contribution in [0.5, 0.6) is 11.5 Å². The number of carbonyl (C=O) groups is 1. The molecule has 0 aromatic heterocycles. The van der Waals surface area contributed by atoms with Crippen LogP contribution in [0.1, 0.15) is 24.1 Å². The summed E-state index contributed by atoms with van der Waals surface area (Å²) in [5.41, 5.74) is 1.28. The highest BCUT2D eigenvalue weighted by molar-refractivity contribution is 7.89. The smallest absolute Gasteiger partial charge is 0.243 e. The summed E-state index contributed by atoms with van der Waals surface area (Å²) in [7, 11) is -1.02. The lowest BCUT2D eigenvalue weighted by atomic mass is 10.1. The van der Waals surface area contributed by atoms with Crippen LogP contribution >= 0.6 is 11.6 Å². The van der Waals surface area contributed by atoms with E-state index in [4.69, 9.17) is 21.1 Å². The summed E-state index contributed by atoms with van der Waals surface area (Å²) < 4.78 is 51.7. The molecule has 0 fully saturated rings. The van der Waals surface area contributed by atoms with Crippen LogP contribution in [0.4, 0.5) is 4.39 Å². The zero-order valence-corrected chi connectivity index (χ0v) is 21.1. The van der Waals surface area contributed by atoms with Crippen LogP contribution in [-0.4, -0.2) is 39.4 Å². The van der Waals surface area contributed by atoms with E-state index in [1.54, 1.807) is 25.1 Å². The molecule has 0 spiro atoms. The van der Waals surface area contributed by atoms with Crippen molar-refractivity contribution in [2.75, 3.05) is 20.8 Å². The van der Waals surface area contributed by atoms with E-state index in [0.717, 1.165) is 9.87 Å². The topological polar surface area (TPSA) is 84.9 Å². The number of nitrogens with one attached hydrogen (secondary N) is 1. The van der Waals surface area contributed by atoms with Crippen LogP contribution in [-0.2, 0) is 21.4 Å². The van der Waals surface area contributed by atoms with Gasteiger partial charge in [-0.25, -0.2) is 12.8 Å². The molecule has 3 aromatic rings. The number of hydrogen-bond donors (Lipinski definition) is 1. The van der Waals surface area contributed by atoms with Crippen molar-refractivity contribution >= 4 is 27.5 Å². The first-order valence-corrected chi connectivity index (χ1v) is 12.5. The first kappa shape index (κ1) is 26.5. The van der Waals surface area contributed by atoms with E-state index in [1.165, 1.54) is 62.8 Å². The van der Waals surface area contributed by atoms with Gasteiger partial charge in [0.2, 0.25) is 15.9 Å². The van der Waals surface area contributed by atoms with Crippen LogP contribution in [0.2, 0.25) is 5.02 Å². The van der Waals surface area contributed by atoms with E-state index in [0.29, 0.717) is 22.1 Å². The number of rotatable bonds is 10. The SMILES string of the molecule is COc1ccc([C@@H](C)NC(=O)CN(Cc2ccc(F)cc2)S(=O)(=O)c2ccc(Cl)cc2)cc1OC. The monoisotopic (exact) mass is 520 g/mol. The molecule has 0 unspecified atom stereocenters. The standard InChI is InChI=1S/C25H26ClFN2O5S/c1-17(19-6-13-23(33-2)24(14-19)34-3)28-25(30)16-29(15-18-4-9-21(27)10-5-18)35(31,32)22-11-7-20(26)8-12-22/h4-14,17H,15-16H2,1-3H3,(H,28,30)/t17-/m1/s1. The highest BCUT2D eigenvalue weighted by Crippen LogP contribution is 2.30. The molecule has 0 saturated heterocycles. The predicted octanol–water partition coefficient (Wildman–Crippen LogP) is 4.56. The summed E-state index contributed by atoms with van der Waals surface area (Å²) >= 11 is 5.90. The third-order valence-corrected chi connectivity index (χ3v) is 7.39. The lowest BCUT2D eigenvalue weighted by Gasteiger charge is -2.23. The molecule has 0 aliphatic rings. The van der Waals surface area contributed by atoms with Gasteiger partial charge in [-0.3, -0.25) is 4.79 Å². The van der Waals surface area contributed by atoms with Crippen molar-refractivity contribution in [1.29, 1.82) is 0 Å². The van der Waals surface area contributed by atoms with Crippen LogP contribution in [0.3, 0.4) is 0 Å². The number of methoxy groups -OCH3 is 2. The Kier molecular flexibility index (Phi) is 8.71. The molecule has 1 atom stereocenters. The molecular weight excluding hydrogens is 495 g/mol. The van der Waals surface area contributed by atoms with E-state index in [9.17, 15) is 17.6 Å². The van der Waals surface area contributed by atoms with Crippen molar-refractivity contribution in [1.82, 2.24) is 9.62 Å². The van der Waals surface area contributed by atoms with Gasteiger partial charge in [-0.2, -0.15) is 4.31 Å². The molecule has 35 heavy (non-hydrogen) atoms. The first-order valence-electron chi connectivity index (χ1n) is 10.7. The van der Waals surface area contributed by atoms with Crippen LogP contribution in [0.25, 0.3) is 0 Å². The van der Waals surface area contributed by atoms with Gasteiger partial charge in [0.1, 0.15) is 5.82 Å². The number of carbonyl (C=O) groups excluding carboxylic acids is 1. The zero-order chi connectivity index (χ0) is 25.6. The molecule has 0 bridgehead atoms. The fourth-order valence-corrected chi connectivity index (χ4v) is 4.94. The Hall–Kier alpha value is -3.14. The molecule has 0 heterocycles. The maximum absolute atomic E-state index is 13.4. The quantitative estimate of drug-likeness (QED) is 0.423. The summed E-state index contributed by atoms with van der Waals surface area (Å²) in [6.45, 7) is 1.21. The maximum atomic E-state index is 13.4. The Balaban J connectivity index is 1.83. The maximum Gasteiger partial charge on any atom is 0.243 e. The fourth-order valence-electron chi connectivity index (χ4n) is 3.43. The summed E-state index contributed by atoms with van der Waals surface area (Å²) in [4.78, 5) is 12.9. The van der Waals surface area contributed by atoms with Crippen molar-refractivity contribution < 1.29 is 27.1 Å². The second-order valence-corrected chi connectivity index (χ2v) is 10.1. The molecule has 1 amide bonds. The molecule has 0 radical (unpaired) electrons. The van der Waals surface area contributed by atoms with Crippen LogP contribution in [0, 0.1) is 5.82 Å². The number of hydrogen-bond acceptors (Lipinski definition) is 5. The minimum atomic E-state index is -4.06. The van der Waals surface area contributed by atoms with Gasteiger partial charge in [-0.15, -0.1) is 0 Å². The summed E-state index contributed by atoms with van der Waals surface area (Å²) in [5.74, 6) is 0.109. The lowest BCUT2D eigenvalue weighted by Crippen LogP contribution is -2.41. The Morgan fingerprint density at radius 1 is 1.00 bits per heavy atom. The summed E-state index contributed by atoms with van der Waals surface area (Å²) in [6, 6.07) is 15.9. The van der Waals surface area contributed by atoms with Gasteiger partial charge in [-0.05, 0) is 66.6 Å². The average molecular weight is 521 g/mol. The predicted molar refractivity (Wildman–Crippen MR) is 132 cm³/mol. The minimum Gasteiger partial charge on any atom is -0.493 e. The van der Waals surface area contributed by atoms with Crippen molar-refractivity contribution in [3.63, 3.8) is 0 Å². The average Bonchev–Trinajstić information content (AvgIpc) is 2.84. The first-order chi connectivity index (χ1) is 16.6. The van der Waals surface area contributed by atoms with Crippen molar-refractivity contribution in [2.24, 2.45) is 0 Å². The van der Waals surface area contributed by atoms with Gasteiger partial charge in [-0.1, -0.05) is 29.8 Å². The Morgan fingerprint density at radius 2 is 1.63 bits per heavy atom. The van der Waals surface area contributed by atoms with Crippen LogP contribution in [0.15, 0.2) is 71.6 Å². The van der Waals surface area contributed by atoms with E-state index < -0.39 is 34.3 Å². The highest BCUT2D eigenvalue weighted by Gasteiger charge is 2.27. The largest absolute Gasteiger partial charge is 0.493 e. The third-order valence-electron chi connectivity index (χ3n) is 5.33. The third kappa shape index (κ3) is 6.72. The van der Waals surface area contributed by atoms with Gasteiger partial charge in [0.25, 0.3) is 0 Å². The molecule has 7 nitrogen and oxygen atoms in total. The van der Waals surface area contributed by atoms with Crippen molar-refractivity contribution in [2.45, 2.75) is 24.4 Å². The van der Waals surface area contributed by atoms with Gasteiger partial charge >= 0.3 is 0 Å². The van der Waals surface area contributed by atoms with E-state index >= 15 is 0 Å². The number of amides is 1. The Bertz CT molecular complexity index is 1270. The van der Waals surface area contributed by atoms with Gasteiger partial charge in [0, 0.05) is 11.6 Å². The summed E-state index contributed by atoms with van der Waals surface area (Å²) in [6.07, 6.45) is 0. The number of nitrogens with zero attached hydrogens (tertiary/aromatic N) is 1. The second-order valence-electron chi connectivity index (χ2n) is 7.76.